The molecule has 66 valence electrons. The Morgan fingerprint density at radius 1 is 1.25 bits per heavy atom. The molecule has 0 atom stereocenters. The van der Waals surface area contributed by atoms with Crippen LogP contribution in [0.5, 0.6) is 0 Å². The van der Waals surface area contributed by atoms with Gasteiger partial charge in [-0.15, -0.1) is 0 Å². The minimum absolute atomic E-state index is 0.0298. The highest BCUT2D eigenvalue weighted by Gasteiger charge is 2.01. The van der Waals surface area contributed by atoms with Gasteiger partial charge in [0.25, 0.3) is 0 Å². The van der Waals surface area contributed by atoms with E-state index in [0.29, 0.717) is 0 Å². The van der Waals surface area contributed by atoms with Gasteiger partial charge in [0.05, 0.1) is 6.61 Å². The van der Waals surface area contributed by atoms with Gasteiger partial charge < -0.3 is 4.74 Å². The van der Waals surface area contributed by atoms with Gasteiger partial charge in [0.1, 0.15) is 0 Å². The first-order chi connectivity index (χ1) is 5.68. The molecular formula is C9H10F2O. The van der Waals surface area contributed by atoms with Crippen molar-refractivity contribution in [3.05, 3.63) is 35.4 Å². The molecule has 12 heavy (non-hydrogen) atoms. The summed E-state index contributed by atoms with van der Waals surface area (Å²) in [5, 5.41) is 0. The molecule has 0 saturated heterocycles. The van der Waals surface area contributed by atoms with Crippen molar-refractivity contribution in [1.82, 2.24) is 0 Å². The van der Waals surface area contributed by atoms with Crippen LogP contribution in [0.1, 0.15) is 11.1 Å². The van der Waals surface area contributed by atoms with Crippen LogP contribution in [0.2, 0.25) is 0 Å². The molecule has 1 aromatic carbocycles. The minimum atomic E-state index is -2.69. The number of aryl methyl sites for hydroxylation is 1. The van der Waals surface area contributed by atoms with Crippen LogP contribution in [0.15, 0.2) is 24.3 Å². The van der Waals surface area contributed by atoms with Crippen LogP contribution < -0.4 is 0 Å². The highest BCUT2D eigenvalue weighted by molar-refractivity contribution is 5.20. The maximum absolute atomic E-state index is 11.6. The van der Waals surface area contributed by atoms with Gasteiger partial charge in [0.2, 0.25) is 0 Å². The number of hydrogen-bond donors (Lipinski definition) is 0. The van der Waals surface area contributed by atoms with Crippen molar-refractivity contribution in [2.24, 2.45) is 0 Å². The van der Waals surface area contributed by atoms with Crippen LogP contribution in [0.25, 0.3) is 0 Å². The van der Waals surface area contributed by atoms with Crippen LogP contribution >= 0.6 is 0 Å². The van der Waals surface area contributed by atoms with E-state index in [2.05, 4.69) is 4.74 Å². The molecule has 0 aliphatic heterocycles. The standard InChI is InChI=1S/C9H10F2O/c1-7-2-4-8(5-3-7)6-12-9(10)11/h2-5,9H,6H2,1H3. The molecule has 0 heterocycles. The zero-order valence-corrected chi connectivity index (χ0v) is 6.76. The fraction of sp³-hybridized carbons (Fsp3) is 0.333. The molecule has 1 nitrogen and oxygen atoms in total. The van der Waals surface area contributed by atoms with E-state index in [1.165, 1.54) is 0 Å². The Hall–Kier alpha value is -0.960. The molecule has 0 saturated carbocycles. The third kappa shape index (κ3) is 2.96. The summed E-state index contributed by atoms with van der Waals surface area (Å²) >= 11 is 0. The van der Waals surface area contributed by atoms with Crippen molar-refractivity contribution in [2.75, 3.05) is 0 Å². The summed E-state index contributed by atoms with van der Waals surface area (Å²) in [6.07, 6.45) is 0. The molecule has 0 N–H and O–H groups in total. The summed E-state index contributed by atoms with van der Waals surface area (Å²) in [6.45, 7) is -0.776. The predicted molar refractivity (Wildman–Crippen MR) is 42.0 cm³/mol. The first-order valence-electron chi connectivity index (χ1n) is 3.64. The molecule has 0 unspecified atom stereocenters. The lowest BCUT2D eigenvalue weighted by atomic mass is 10.2. The molecule has 0 aliphatic carbocycles. The molecule has 0 aromatic heterocycles. The lowest BCUT2D eigenvalue weighted by Gasteiger charge is -2.02. The summed E-state index contributed by atoms with van der Waals surface area (Å²) in [5.41, 5.74) is 1.87. The van der Waals surface area contributed by atoms with E-state index in [-0.39, 0.29) is 6.61 Å². The highest BCUT2D eigenvalue weighted by Crippen LogP contribution is 2.06. The number of hydrogen-bond acceptors (Lipinski definition) is 1. The Labute approximate surface area is 70.0 Å². The molecular weight excluding hydrogens is 162 g/mol. The molecule has 1 rings (SSSR count). The van der Waals surface area contributed by atoms with E-state index in [4.69, 9.17) is 0 Å². The molecule has 0 radical (unpaired) electrons. The summed E-state index contributed by atoms with van der Waals surface area (Å²) in [5.74, 6) is 0. The SMILES string of the molecule is Cc1ccc(COC(F)F)cc1. The lowest BCUT2D eigenvalue weighted by Crippen LogP contribution is -1.98. The summed E-state index contributed by atoms with van der Waals surface area (Å²) in [7, 11) is 0. The Kier molecular flexibility index (Phi) is 3.17. The lowest BCUT2D eigenvalue weighted by molar-refractivity contribution is -0.137. The second kappa shape index (κ2) is 4.16. The van der Waals surface area contributed by atoms with Crippen LogP contribution in [0, 0.1) is 6.92 Å². The van der Waals surface area contributed by atoms with Gasteiger partial charge >= 0.3 is 6.61 Å². The molecule has 0 spiro atoms. The molecule has 0 amide bonds. The van der Waals surface area contributed by atoms with E-state index in [1.807, 2.05) is 19.1 Å². The monoisotopic (exact) mass is 172 g/mol. The van der Waals surface area contributed by atoms with Crippen molar-refractivity contribution in [3.8, 4) is 0 Å². The van der Waals surface area contributed by atoms with Gasteiger partial charge in [-0.1, -0.05) is 29.8 Å². The second-order valence-corrected chi connectivity index (χ2v) is 2.56. The van der Waals surface area contributed by atoms with Gasteiger partial charge in [-0.2, -0.15) is 8.78 Å². The zero-order chi connectivity index (χ0) is 8.97. The van der Waals surface area contributed by atoms with Crippen molar-refractivity contribution < 1.29 is 13.5 Å². The fourth-order valence-electron chi connectivity index (χ4n) is 0.844. The largest absolute Gasteiger partial charge is 0.345 e. The van der Waals surface area contributed by atoms with Crippen molar-refractivity contribution in [1.29, 1.82) is 0 Å². The molecule has 0 fully saturated rings. The van der Waals surface area contributed by atoms with Crippen LogP contribution in [0.4, 0.5) is 8.78 Å². The number of ether oxygens (including phenoxy) is 1. The fourth-order valence-corrected chi connectivity index (χ4v) is 0.844. The van der Waals surface area contributed by atoms with Crippen molar-refractivity contribution in [3.63, 3.8) is 0 Å². The number of halogens is 2. The van der Waals surface area contributed by atoms with E-state index in [0.717, 1.165) is 11.1 Å². The smallest absolute Gasteiger partial charge is 0.318 e. The quantitative estimate of drug-likeness (QED) is 0.681. The minimum Gasteiger partial charge on any atom is -0.318 e. The molecule has 0 bridgehead atoms. The maximum Gasteiger partial charge on any atom is 0.345 e. The topological polar surface area (TPSA) is 9.23 Å². The second-order valence-electron chi connectivity index (χ2n) is 2.56. The molecule has 3 heteroatoms. The third-order valence-corrected chi connectivity index (χ3v) is 1.50. The average Bonchev–Trinajstić information content (AvgIpc) is 2.03. The normalized spacial score (nSPS) is 10.7. The molecule has 1 aromatic rings. The first kappa shape index (κ1) is 9.13. The van der Waals surface area contributed by atoms with E-state index < -0.39 is 6.61 Å². The van der Waals surface area contributed by atoms with Crippen LogP contribution in [0.3, 0.4) is 0 Å². The van der Waals surface area contributed by atoms with E-state index >= 15 is 0 Å². The van der Waals surface area contributed by atoms with E-state index in [1.54, 1.807) is 12.1 Å². The number of benzene rings is 1. The highest BCUT2D eigenvalue weighted by atomic mass is 19.3. The van der Waals surface area contributed by atoms with Gasteiger partial charge in [0.15, 0.2) is 0 Å². The Bertz CT molecular complexity index is 231. The Morgan fingerprint density at radius 2 is 1.83 bits per heavy atom. The Balaban J connectivity index is 2.48. The van der Waals surface area contributed by atoms with Gasteiger partial charge in [-0.25, -0.2) is 0 Å². The summed E-state index contributed by atoms with van der Waals surface area (Å²) in [4.78, 5) is 0. The van der Waals surface area contributed by atoms with Gasteiger partial charge in [0, 0.05) is 0 Å². The average molecular weight is 172 g/mol. The van der Waals surface area contributed by atoms with Crippen LogP contribution in [-0.4, -0.2) is 6.61 Å². The number of alkyl halides is 2. The number of rotatable bonds is 3. The zero-order valence-electron chi connectivity index (χ0n) is 6.76. The maximum atomic E-state index is 11.6. The van der Waals surface area contributed by atoms with Gasteiger partial charge in [-0.05, 0) is 12.5 Å². The summed E-state index contributed by atoms with van der Waals surface area (Å²) in [6, 6.07) is 7.28. The van der Waals surface area contributed by atoms with Gasteiger partial charge in [-0.3, -0.25) is 0 Å². The first-order valence-corrected chi connectivity index (χ1v) is 3.64. The predicted octanol–water partition coefficient (Wildman–Crippen LogP) is 2.73. The van der Waals surface area contributed by atoms with E-state index in [9.17, 15) is 8.78 Å². The Morgan fingerprint density at radius 3 is 2.33 bits per heavy atom. The van der Waals surface area contributed by atoms with Crippen molar-refractivity contribution >= 4 is 0 Å². The third-order valence-electron chi connectivity index (χ3n) is 1.50. The van der Waals surface area contributed by atoms with Crippen LogP contribution in [-0.2, 0) is 11.3 Å². The molecule has 0 aliphatic rings. The van der Waals surface area contributed by atoms with Crippen molar-refractivity contribution in [2.45, 2.75) is 20.1 Å². The summed E-state index contributed by atoms with van der Waals surface area (Å²) < 4.78 is 27.3.